The molecule has 2 aromatic rings. The molecule has 108 valence electrons. The van der Waals surface area contributed by atoms with E-state index in [0.717, 1.165) is 30.5 Å². The van der Waals surface area contributed by atoms with E-state index in [1.165, 1.54) is 17.0 Å². The van der Waals surface area contributed by atoms with Gasteiger partial charge in [0, 0.05) is 34.5 Å². The molecule has 0 aliphatic carbocycles. The van der Waals surface area contributed by atoms with Crippen LogP contribution in [0.1, 0.15) is 23.1 Å². The van der Waals surface area contributed by atoms with Crippen LogP contribution in [0.3, 0.4) is 0 Å². The maximum Gasteiger partial charge on any atom is 0.129 e. The molecule has 1 aromatic heterocycles. The monoisotopic (exact) mass is 297 g/mol. The summed E-state index contributed by atoms with van der Waals surface area (Å²) in [5.41, 5.74) is 0. The van der Waals surface area contributed by atoms with Crippen LogP contribution in [0.25, 0.3) is 0 Å². The van der Waals surface area contributed by atoms with Crippen LogP contribution < -0.4 is 10.1 Å². The lowest BCUT2D eigenvalue weighted by Crippen LogP contribution is -2.12. The van der Waals surface area contributed by atoms with Crippen molar-refractivity contribution in [2.24, 2.45) is 0 Å². The topological polar surface area (TPSA) is 21.3 Å². The third kappa shape index (κ3) is 4.58. The van der Waals surface area contributed by atoms with E-state index in [4.69, 9.17) is 4.74 Å². The molecule has 0 aliphatic heterocycles. The standard InChI is InChI=1S/C15H17F2NOS/c1-2-5-18-9-14-3-4-15(20-14)10-19-13-7-11(16)6-12(17)8-13/h3-4,6-8,18H,2,5,9-10H2,1H3. The summed E-state index contributed by atoms with van der Waals surface area (Å²) < 4.78 is 31.4. The number of halogens is 2. The first kappa shape index (κ1) is 14.9. The van der Waals surface area contributed by atoms with Gasteiger partial charge in [-0.15, -0.1) is 11.3 Å². The highest BCUT2D eigenvalue weighted by molar-refractivity contribution is 7.11. The number of ether oxygens (including phenoxy) is 1. The van der Waals surface area contributed by atoms with Crippen molar-refractivity contribution in [3.8, 4) is 5.75 Å². The van der Waals surface area contributed by atoms with Gasteiger partial charge in [0.2, 0.25) is 0 Å². The molecule has 0 spiro atoms. The minimum atomic E-state index is -0.629. The summed E-state index contributed by atoms with van der Waals surface area (Å²) in [5.74, 6) is -1.05. The highest BCUT2D eigenvalue weighted by Crippen LogP contribution is 2.20. The van der Waals surface area contributed by atoms with Gasteiger partial charge in [0.05, 0.1) is 0 Å². The van der Waals surface area contributed by atoms with Crippen molar-refractivity contribution in [3.05, 3.63) is 51.7 Å². The van der Waals surface area contributed by atoms with Crippen molar-refractivity contribution in [1.82, 2.24) is 5.32 Å². The van der Waals surface area contributed by atoms with Gasteiger partial charge in [-0.25, -0.2) is 8.78 Å². The first-order valence-electron chi connectivity index (χ1n) is 6.54. The van der Waals surface area contributed by atoms with Crippen molar-refractivity contribution >= 4 is 11.3 Å². The van der Waals surface area contributed by atoms with Crippen LogP contribution in [0.2, 0.25) is 0 Å². The highest BCUT2D eigenvalue weighted by atomic mass is 32.1. The second-order valence-corrected chi connectivity index (χ2v) is 5.69. The van der Waals surface area contributed by atoms with E-state index < -0.39 is 11.6 Å². The minimum absolute atomic E-state index is 0.210. The predicted octanol–water partition coefficient (Wildman–Crippen LogP) is 4.10. The van der Waals surface area contributed by atoms with E-state index in [9.17, 15) is 8.78 Å². The van der Waals surface area contributed by atoms with E-state index in [-0.39, 0.29) is 5.75 Å². The predicted molar refractivity (Wildman–Crippen MR) is 77.0 cm³/mol. The van der Waals surface area contributed by atoms with Crippen LogP contribution in [0.15, 0.2) is 30.3 Å². The van der Waals surface area contributed by atoms with Crippen molar-refractivity contribution in [2.75, 3.05) is 6.54 Å². The van der Waals surface area contributed by atoms with E-state index in [1.54, 1.807) is 11.3 Å². The Morgan fingerprint density at radius 1 is 1.10 bits per heavy atom. The Labute approximate surface area is 121 Å². The molecule has 1 aromatic carbocycles. The second kappa shape index (κ2) is 7.36. The number of nitrogens with one attached hydrogen (secondary N) is 1. The Kier molecular flexibility index (Phi) is 5.49. The van der Waals surface area contributed by atoms with Gasteiger partial charge in [-0.2, -0.15) is 0 Å². The quantitative estimate of drug-likeness (QED) is 0.777. The summed E-state index contributed by atoms with van der Waals surface area (Å²) in [6.45, 7) is 4.28. The first-order valence-corrected chi connectivity index (χ1v) is 7.36. The third-order valence-corrected chi connectivity index (χ3v) is 3.72. The molecule has 0 aliphatic rings. The van der Waals surface area contributed by atoms with Gasteiger partial charge >= 0.3 is 0 Å². The molecule has 0 amide bonds. The van der Waals surface area contributed by atoms with E-state index >= 15 is 0 Å². The van der Waals surface area contributed by atoms with Gasteiger partial charge in [-0.3, -0.25) is 0 Å². The molecule has 0 saturated carbocycles. The second-order valence-electron chi connectivity index (χ2n) is 4.44. The van der Waals surface area contributed by atoms with Gasteiger partial charge in [0.15, 0.2) is 0 Å². The van der Waals surface area contributed by atoms with Crippen molar-refractivity contribution in [2.45, 2.75) is 26.5 Å². The fourth-order valence-corrected chi connectivity index (χ4v) is 2.65. The fraction of sp³-hybridized carbons (Fsp3) is 0.333. The molecular formula is C15H17F2NOS. The van der Waals surface area contributed by atoms with Gasteiger partial charge < -0.3 is 10.1 Å². The lowest BCUT2D eigenvalue weighted by Gasteiger charge is -2.04. The Morgan fingerprint density at radius 2 is 1.80 bits per heavy atom. The third-order valence-electron chi connectivity index (χ3n) is 2.66. The lowest BCUT2D eigenvalue weighted by molar-refractivity contribution is 0.306. The summed E-state index contributed by atoms with van der Waals surface area (Å²) in [4.78, 5) is 2.26. The summed E-state index contributed by atoms with van der Waals surface area (Å²) in [7, 11) is 0. The van der Waals surface area contributed by atoms with E-state index in [1.807, 2.05) is 12.1 Å². The molecule has 2 rings (SSSR count). The van der Waals surface area contributed by atoms with Crippen LogP contribution >= 0.6 is 11.3 Å². The average molecular weight is 297 g/mol. The largest absolute Gasteiger partial charge is 0.488 e. The van der Waals surface area contributed by atoms with E-state index in [2.05, 4.69) is 12.2 Å². The Balaban J connectivity index is 1.87. The maximum atomic E-state index is 13.0. The molecule has 0 bridgehead atoms. The van der Waals surface area contributed by atoms with Crippen LogP contribution in [-0.4, -0.2) is 6.54 Å². The number of thiophene rings is 1. The summed E-state index contributed by atoms with van der Waals surface area (Å²) >= 11 is 1.64. The normalized spacial score (nSPS) is 10.8. The van der Waals surface area contributed by atoms with Crippen molar-refractivity contribution in [3.63, 3.8) is 0 Å². The molecule has 1 N–H and O–H groups in total. The molecule has 5 heteroatoms. The molecular weight excluding hydrogens is 280 g/mol. The van der Waals surface area contributed by atoms with Crippen LogP contribution in [0.5, 0.6) is 5.75 Å². The fourth-order valence-electron chi connectivity index (χ4n) is 1.75. The van der Waals surface area contributed by atoms with Gasteiger partial charge in [0.1, 0.15) is 24.0 Å². The molecule has 20 heavy (non-hydrogen) atoms. The average Bonchev–Trinajstić information content (AvgIpc) is 2.84. The summed E-state index contributed by atoms with van der Waals surface area (Å²) in [6.07, 6.45) is 1.10. The lowest BCUT2D eigenvalue weighted by atomic mass is 10.3. The number of benzene rings is 1. The van der Waals surface area contributed by atoms with Crippen LogP contribution in [-0.2, 0) is 13.2 Å². The molecule has 0 radical (unpaired) electrons. The van der Waals surface area contributed by atoms with Gasteiger partial charge in [-0.05, 0) is 25.1 Å². The first-order chi connectivity index (χ1) is 9.67. The molecule has 0 saturated heterocycles. The molecule has 0 atom stereocenters. The summed E-state index contributed by atoms with van der Waals surface area (Å²) in [5, 5.41) is 3.32. The Morgan fingerprint density at radius 3 is 2.50 bits per heavy atom. The zero-order valence-electron chi connectivity index (χ0n) is 11.3. The zero-order valence-corrected chi connectivity index (χ0v) is 12.1. The van der Waals surface area contributed by atoms with Gasteiger partial charge in [0.25, 0.3) is 0 Å². The SMILES string of the molecule is CCCNCc1ccc(COc2cc(F)cc(F)c2)s1. The molecule has 0 unspecified atom stereocenters. The van der Waals surface area contributed by atoms with Crippen molar-refractivity contribution in [1.29, 1.82) is 0 Å². The maximum absolute atomic E-state index is 13.0. The smallest absolute Gasteiger partial charge is 0.129 e. The zero-order chi connectivity index (χ0) is 14.4. The van der Waals surface area contributed by atoms with Crippen LogP contribution in [0, 0.1) is 11.6 Å². The Bertz CT molecular complexity index is 536. The van der Waals surface area contributed by atoms with Crippen molar-refractivity contribution < 1.29 is 13.5 Å². The Hall–Kier alpha value is -1.46. The number of rotatable bonds is 7. The van der Waals surface area contributed by atoms with E-state index in [0.29, 0.717) is 6.61 Å². The van der Waals surface area contributed by atoms with Crippen LogP contribution in [0.4, 0.5) is 8.78 Å². The van der Waals surface area contributed by atoms with Gasteiger partial charge in [-0.1, -0.05) is 6.92 Å². The molecule has 1 heterocycles. The highest BCUT2D eigenvalue weighted by Gasteiger charge is 2.04. The minimum Gasteiger partial charge on any atom is -0.488 e. The summed E-state index contributed by atoms with van der Waals surface area (Å²) in [6, 6.07) is 7.21. The number of hydrogen-bond acceptors (Lipinski definition) is 3. The molecule has 0 fully saturated rings. The molecule has 2 nitrogen and oxygen atoms in total. The number of hydrogen-bond donors (Lipinski definition) is 1.